The van der Waals surface area contributed by atoms with Gasteiger partial charge in [0.25, 0.3) is 0 Å². The second-order valence-electron chi connectivity index (χ2n) is 5.78. The number of hydrogen-bond acceptors (Lipinski definition) is 4. The van der Waals surface area contributed by atoms with Crippen LogP contribution in [-0.2, 0) is 0 Å². The summed E-state index contributed by atoms with van der Waals surface area (Å²) in [5, 5.41) is 5.47. The first-order chi connectivity index (χ1) is 9.55. The van der Waals surface area contributed by atoms with Crippen molar-refractivity contribution in [2.75, 3.05) is 23.3 Å². The van der Waals surface area contributed by atoms with E-state index in [4.69, 9.17) is 0 Å². The number of carbonyl (C=O) groups excluding carboxylic acids is 1. The van der Waals surface area contributed by atoms with Crippen molar-refractivity contribution < 1.29 is 4.79 Å². The molecule has 1 aromatic heterocycles. The molecule has 0 aliphatic carbocycles. The molecule has 1 aliphatic rings. The molecule has 20 heavy (non-hydrogen) atoms. The Balaban J connectivity index is 1.87. The van der Waals surface area contributed by atoms with Gasteiger partial charge in [-0.15, -0.1) is 11.3 Å². The van der Waals surface area contributed by atoms with Gasteiger partial charge in [0.1, 0.15) is 0 Å². The molecule has 0 bridgehead atoms. The number of anilines is 2. The van der Waals surface area contributed by atoms with Crippen molar-refractivity contribution in [2.45, 2.75) is 19.4 Å². The average molecular weight is 286 g/mol. The smallest absolute Gasteiger partial charge is 0.191 e. The minimum atomic E-state index is -0.0376. The van der Waals surface area contributed by atoms with Gasteiger partial charge in [-0.05, 0) is 37.4 Å². The fourth-order valence-corrected chi connectivity index (χ4v) is 3.31. The predicted octanol–water partition coefficient (Wildman–Crippen LogP) is 3.64. The number of benzene rings is 1. The highest BCUT2D eigenvalue weighted by Gasteiger charge is 2.30. The molecule has 3 rings (SSSR count). The van der Waals surface area contributed by atoms with E-state index < -0.39 is 0 Å². The van der Waals surface area contributed by atoms with Crippen molar-refractivity contribution in [1.82, 2.24) is 0 Å². The Kier molecular flexibility index (Phi) is 3.26. The van der Waals surface area contributed by atoms with Crippen LogP contribution < -0.4 is 10.2 Å². The summed E-state index contributed by atoms with van der Waals surface area (Å²) < 4.78 is 0. The van der Waals surface area contributed by atoms with Crippen molar-refractivity contribution >= 4 is 28.5 Å². The first-order valence-corrected chi connectivity index (χ1v) is 7.62. The Morgan fingerprint density at radius 2 is 2.10 bits per heavy atom. The van der Waals surface area contributed by atoms with Gasteiger partial charge in [0.15, 0.2) is 5.78 Å². The van der Waals surface area contributed by atoms with E-state index in [0.717, 1.165) is 22.8 Å². The highest BCUT2D eigenvalue weighted by molar-refractivity contribution is 7.12. The zero-order valence-corrected chi connectivity index (χ0v) is 12.5. The number of nitrogens with one attached hydrogen (secondary N) is 1. The van der Waals surface area contributed by atoms with Crippen molar-refractivity contribution in [3.8, 4) is 0 Å². The molecule has 1 N–H and O–H groups in total. The lowest BCUT2D eigenvalue weighted by molar-refractivity contribution is 0.100. The minimum Gasteiger partial charge on any atom is -0.377 e. The largest absolute Gasteiger partial charge is 0.377 e. The minimum absolute atomic E-state index is 0.0376. The van der Waals surface area contributed by atoms with Crippen LogP contribution in [0.4, 0.5) is 11.4 Å². The fraction of sp³-hybridized carbons (Fsp3) is 0.312. The summed E-state index contributed by atoms with van der Waals surface area (Å²) in [6.07, 6.45) is 0. The molecular formula is C16H18N2OS. The van der Waals surface area contributed by atoms with E-state index in [2.05, 4.69) is 36.2 Å². The van der Waals surface area contributed by atoms with Gasteiger partial charge in [-0.1, -0.05) is 18.2 Å². The fourth-order valence-electron chi connectivity index (χ4n) is 2.65. The molecule has 0 unspecified atom stereocenters. The molecule has 0 amide bonds. The molecule has 0 spiro atoms. The molecule has 1 aromatic carbocycles. The maximum absolute atomic E-state index is 12.3. The monoisotopic (exact) mass is 286 g/mol. The number of ketones is 1. The van der Waals surface area contributed by atoms with Crippen molar-refractivity contribution in [2.24, 2.45) is 0 Å². The second kappa shape index (κ2) is 4.94. The van der Waals surface area contributed by atoms with Gasteiger partial charge in [-0.2, -0.15) is 0 Å². The number of Topliss-reactive ketones (excluding diaryl/α,β-unsaturated/α-hetero) is 1. The highest BCUT2D eigenvalue weighted by atomic mass is 32.1. The van der Waals surface area contributed by atoms with Gasteiger partial charge in [-0.25, -0.2) is 0 Å². The van der Waals surface area contributed by atoms with Crippen LogP contribution in [0.15, 0.2) is 41.8 Å². The summed E-state index contributed by atoms with van der Waals surface area (Å²) >= 11 is 1.51. The number of fused-ring (bicyclic) bond motifs is 1. The SMILES string of the molecule is CC1(C)CN(CC(=O)c2cccs2)c2ccccc2N1. The number of rotatable bonds is 3. The molecule has 1 aliphatic heterocycles. The third-order valence-electron chi connectivity index (χ3n) is 3.43. The number of carbonyl (C=O) groups is 1. The molecular weight excluding hydrogens is 268 g/mol. The molecule has 0 saturated carbocycles. The number of thiophene rings is 1. The number of hydrogen-bond donors (Lipinski definition) is 1. The average Bonchev–Trinajstić information content (AvgIpc) is 2.91. The van der Waals surface area contributed by atoms with E-state index in [1.165, 1.54) is 11.3 Å². The standard InChI is InChI=1S/C16H18N2OS/c1-16(2)11-18(10-14(19)15-8-5-9-20-15)13-7-4-3-6-12(13)17-16/h3-9,17H,10-11H2,1-2H3. The van der Waals surface area contributed by atoms with Crippen LogP contribution in [-0.4, -0.2) is 24.4 Å². The Morgan fingerprint density at radius 3 is 2.85 bits per heavy atom. The molecule has 0 fully saturated rings. The lowest BCUT2D eigenvalue weighted by Gasteiger charge is -2.41. The van der Waals surface area contributed by atoms with Crippen LogP contribution in [0.5, 0.6) is 0 Å². The highest BCUT2D eigenvalue weighted by Crippen LogP contribution is 2.34. The van der Waals surface area contributed by atoms with Crippen molar-refractivity contribution in [3.63, 3.8) is 0 Å². The third-order valence-corrected chi connectivity index (χ3v) is 4.35. The van der Waals surface area contributed by atoms with Gasteiger partial charge in [0.2, 0.25) is 0 Å². The van der Waals surface area contributed by atoms with E-state index in [1.54, 1.807) is 0 Å². The van der Waals surface area contributed by atoms with Gasteiger partial charge in [0.05, 0.1) is 22.8 Å². The summed E-state index contributed by atoms with van der Waals surface area (Å²) in [7, 11) is 0. The second-order valence-corrected chi connectivity index (χ2v) is 6.73. The third kappa shape index (κ3) is 2.56. The zero-order valence-electron chi connectivity index (χ0n) is 11.7. The predicted molar refractivity (Wildman–Crippen MR) is 85.0 cm³/mol. The summed E-state index contributed by atoms with van der Waals surface area (Å²) in [5.74, 6) is 0.188. The maximum Gasteiger partial charge on any atom is 0.191 e. The normalized spacial score (nSPS) is 16.4. The van der Waals surface area contributed by atoms with E-state index in [1.807, 2.05) is 29.6 Å². The number of nitrogens with zero attached hydrogens (tertiary/aromatic N) is 1. The first-order valence-electron chi connectivity index (χ1n) is 6.74. The maximum atomic E-state index is 12.3. The van der Waals surface area contributed by atoms with Crippen LogP contribution in [0, 0.1) is 0 Å². The topological polar surface area (TPSA) is 32.3 Å². The lowest BCUT2D eigenvalue weighted by atomic mass is 9.99. The summed E-state index contributed by atoms with van der Waals surface area (Å²) in [6.45, 7) is 5.57. The summed E-state index contributed by atoms with van der Waals surface area (Å²) in [6, 6.07) is 12.0. The van der Waals surface area contributed by atoms with Crippen molar-refractivity contribution in [3.05, 3.63) is 46.7 Å². The van der Waals surface area contributed by atoms with E-state index in [-0.39, 0.29) is 11.3 Å². The number of para-hydroxylation sites is 2. The summed E-state index contributed by atoms with van der Waals surface area (Å²) in [5.41, 5.74) is 2.17. The molecule has 2 aromatic rings. The van der Waals surface area contributed by atoms with E-state index in [9.17, 15) is 4.79 Å². The summed E-state index contributed by atoms with van der Waals surface area (Å²) in [4.78, 5) is 15.3. The van der Waals surface area contributed by atoms with Crippen LogP contribution >= 0.6 is 11.3 Å². The first kappa shape index (κ1) is 13.2. The van der Waals surface area contributed by atoms with Crippen LogP contribution in [0.25, 0.3) is 0 Å². The van der Waals surface area contributed by atoms with Crippen LogP contribution in [0.2, 0.25) is 0 Å². The van der Waals surface area contributed by atoms with Crippen molar-refractivity contribution in [1.29, 1.82) is 0 Å². The van der Waals surface area contributed by atoms with Gasteiger partial charge >= 0.3 is 0 Å². The Labute approximate surface area is 123 Å². The lowest BCUT2D eigenvalue weighted by Crippen LogP contribution is -2.49. The Bertz CT molecular complexity index is 619. The Hall–Kier alpha value is -1.81. The van der Waals surface area contributed by atoms with E-state index >= 15 is 0 Å². The Morgan fingerprint density at radius 1 is 1.30 bits per heavy atom. The molecule has 0 atom stereocenters. The van der Waals surface area contributed by atoms with Gasteiger partial charge in [-0.3, -0.25) is 4.79 Å². The van der Waals surface area contributed by atoms with Crippen LogP contribution in [0.3, 0.4) is 0 Å². The van der Waals surface area contributed by atoms with Gasteiger partial charge < -0.3 is 10.2 Å². The zero-order chi connectivity index (χ0) is 14.2. The molecule has 4 heteroatoms. The molecule has 2 heterocycles. The molecule has 104 valence electrons. The molecule has 0 saturated heterocycles. The quantitative estimate of drug-likeness (QED) is 0.874. The van der Waals surface area contributed by atoms with Crippen LogP contribution in [0.1, 0.15) is 23.5 Å². The van der Waals surface area contributed by atoms with Gasteiger partial charge in [0, 0.05) is 12.1 Å². The molecule has 0 radical (unpaired) electrons. The van der Waals surface area contributed by atoms with E-state index in [0.29, 0.717) is 6.54 Å². The molecule has 3 nitrogen and oxygen atoms in total.